The van der Waals surface area contributed by atoms with Gasteiger partial charge in [-0.3, -0.25) is 4.72 Å². The van der Waals surface area contributed by atoms with Crippen molar-refractivity contribution in [2.45, 2.75) is 39.5 Å². The van der Waals surface area contributed by atoms with Crippen LogP contribution in [0.2, 0.25) is 0 Å². The lowest BCUT2D eigenvalue weighted by molar-refractivity contribution is 0.595. The first-order chi connectivity index (χ1) is 9.57. The van der Waals surface area contributed by atoms with Crippen molar-refractivity contribution in [1.29, 1.82) is 0 Å². The first-order valence-electron chi connectivity index (χ1n) is 7.37. The summed E-state index contributed by atoms with van der Waals surface area (Å²) in [5.74, 6) is 0.150. The zero-order valence-corrected chi connectivity index (χ0v) is 13.3. The van der Waals surface area contributed by atoms with Crippen molar-refractivity contribution in [3.05, 3.63) is 29.8 Å². The molecular weight excluding hydrogens is 272 g/mol. The van der Waals surface area contributed by atoms with Gasteiger partial charge in [-0.05, 0) is 50.0 Å². The normalized spacial score (nSPS) is 11.5. The van der Waals surface area contributed by atoms with Crippen molar-refractivity contribution in [2.24, 2.45) is 0 Å². The quantitative estimate of drug-likeness (QED) is 0.653. The third kappa shape index (κ3) is 6.91. The second kappa shape index (κ2) is 8.97. The highest BCUT2D eigenvalue weighted by molar-refractivity contribution is 7.92. The molecule has 0 unspecified atom stereocenters. The molecule has 0 amide bonds. The van der Waals surface area contributed by atoms with Gasteiger partial charge in [0.2, 0.25) is 10.0 Å². The summed E-state index contributed by atoms with van der Waals surface area (Å²) in [7, 11) is -3.23. The van der Waals surface area contributed by atoms with Crippen LogP contribution in [0, 0.1) is 0 Å². The topological polar surface area (TPSA) is 58.2 Å². The van der Waals surface area contributed by atoms with Gasteiger partial charge in [-0.2, -0.15) is 0 Å². The van der Waals surface area contributed by atoms with Gasteiger partial charge in [-0.25, -0.2) is 8.42 Å². The second-order valence-electron chi connectivity index (χ2n) is 4.93. The van der Waals surface area contributed by atoms with Gasteiger partial charge < -0.3 is 5.32 Å². The molecule has 1 aromatic carbocycles. The zero-order chi connectivity index (χ0) is 14.8. The van der Waals surface area contributed by atoms with E-state index in [1.807, 2.05) is 31.2 Å². The largest absolute Gasteiger partial charge is 0.317 e. The van der Waals surface area contributed by atoms with E-state index in [2.05, 4.69) is 17.0 Å². The highest BCUT2D eigenvalue weighted by Gasteiger charge is 2.09. The number of benzene rings is 1. The Balaban J connectivity index is 2.46. The predicted octanol–water partition coefficient (Wildman–Crippen LogP) is 2.77. The first kappa shape index (κ1) is 17.0. The molecule has 0 saturated heterocycles. The number of anilines is 1. The van der Waals surface area contributed by atoms with E-state index in [4.69, 9.17) is 0 Å². The van der Waals surface area contributed by atoms with Crippen molar-refractivity contribution in [3.8, 4) is 0 Å². The molecule has 5 heteroatoms. The van der Waals surface area contributed by atoms with Gasteiger partial charge in [-0.15, -0.1) is 0 Å². The van der Waals surface area contributed by atoms with Gasteiger partial charge >= 0.3 is 0 Å². The number of hydrogen-bond donors (Lipinski definition) is 2. The lowest BCUT2D eigenvalue weighted by Crippen LogP contribution is -2.21. The Hall–Kier alpha value is -1.07. The number of aryl methyl sites for hydroxylation is 1. The Bertz CT molecular complexity index is 469. The Kier molecular flexibility index (Phi) is 7.62. The van der Waals surface area contributed by atoms with Gasteiger partial charge in [0.15, 0.2) is 0 Å². The Morgan fingerprint density at radius 2 is 1.75 bits per heavy atom. The molecule has 0 aliphatic rings. The minimum absolute atomic E-state index is 0.150. The van der Waals surface area contributed by atoms with Crippen LogP contribution in [0.25, 0.3) is 0 Å². The van der Waals surface area contributed by atoms with E-state index in [0.717, 1.165) is 25.9 Å². The summed E-state index contributed by atoms with van der Waals surface area (Å²) in [4.78, 5) is 0. The lowest BCUT2D eigenvalue weighted by atomic mass is 10.1. The van der Waals surface area contributed by atoms with E-state index in [1.54, 1.807) is 0 Å². The van der Waals surface area contributed by atoms with Gasteiger partial charge in [-0.1, -0.05) is 32.4 Å². The lowest BCUT2D eigenvalue weighted by Gasteiger charge is -2.09. The van der Waals surface area contributed by atoms with Gasteiger partial charge in [0.25, 0.3) is 0 Å². The van der Waals surface area contributed by atoms with Crippen LogP contribution in [-0.2, 0) is 16.4 Å². The van der Waals surface area contributed by atoms with Crippen LogP contribution >= 0.6 is 0 Å². The zero-order valence-electron chi connectivity index (χ0n) is 12.5. The maximum absolute atomic E-state index is 11.9. The average molecular weight is 298 g/mol. The maximum Gasteiger partial charge on any atom is 0.232 e. The molecule has 1 aromatic rings. The molecule has 0 aromatic heterocycles. The second-order valence-corrected chi connectivity index (χ2v) is 6.77. The number of sulfonamides is 1. The van der Waals surface area contributed by atoms with Crippen molar-refractivity contribution in [2.75, 3.05) is 23.6 Å². The Morgan fingerprint density at radius 1 is 1.05 bits per heavy atom. The molecule has 114 valence electrons. The summed E-state index contributed by atoms with van der Waals surface area (Å²) < 4.78 is 26.4. The molecule has 0 aliphatic carbocycles. The molecule has 2 N–H and O–H groups in total. The summed E-state index contributed by atoms with van der Waals surface area (Å²) in [6.45, 7) is 5.77. The predicted molar refractivity (Wildman–Crippen MR) is 85.6 cm³/mol. The van der Waals surface area contributed by atoms with E-state index in [9.17, 15) is 8.42 Å². The van der Waals surface area contributed by atoms with Crippen LogP contribution in [0.1, 0.15) is 38.7 Å². The van der Waals surface area contributed by atoms with Crippen LogP contribution < -0.4 is 10.0 Å². The Morgan fingerprint density at radius 3 is 2.35 bits per heavy atom. The van der Waals surface area contributed by atoms with Crippen LogP contribution in [0.4, 0.5) is 5.69 Å². The fourth-order valence-electron chi connectivity index (χ4n) is 1.91. The highest BCUT2D eigenvalue weighted by atomic mass is 32.2. The summed E-state index contributed by atoms with van der Waals surface area (Å²) in [6, 6.07) is 7.66. The van der Waals surface area contributed by atoms with Crippen molar-refractivity contribution in [3.63, 3.8) is 0 Å². The van der Waals surface area contributed by atoms with Crippen molar-refractivity contribution < 1.29 is 8.42 Å². The van der Waals surface area contributed by atoms with Crippen LogP contribution in [0.3, 0.4) is 0 Å². The minimum Gasteiger partial charge on any atom is -0.317 e. The van der Waals surface area contributed by atoms with E-state index in [0.29, 0.717) is 12.1 Å². The average Bonchev–Trinajstić information content (AvgIpc) is 2.42. The van der Waals surface area contributed by atoms with E-state index in [-0.39, 0.29) is 5.75 Å². The number of unbranched alkanes of at least 4 members (excludes halogenated alkanes) is 1. The molecule has 0 atom stereocenters. The van der Waals surface area contributed by atoms with Crippen molar-refractivity contribution in [1.82, 2.24) is 5.32 Å². The molecule has 0 aliphatic heterocycles. The fraction of sp³-hybridized carbons (Fsp3) is 0.600. The molecular formula is C15H26N2O2S. The smallest absolute Gasteiger partial charge is 0.232 e. The number of hydrogen-bond acceptors (Lipinski definition) is 3. The standard InChI is InChI=1S/C15H26N2O2S/c1-3-5-7-14-8-10-15(11-9-14)17-20(18,19)13-6-12-16-4-2/h8-11,16-17H,3-7,12-13H2,1-2H3. The van der Waals surface area contributed by atoms with Gasteiger partial charge in [0, 0.05) is 5.69 Å². The summed E-state index contributed by atoms with van der Waals surface area (Å²) >= 11 is 0. The summed E-state index contributed by atoms with van der Waals surface area (Å²) in [6.07, 6.45) is 4.00. The van der Waals surface area contributed by atoms with E-state index < -0.39 is 10.0 Å². The molecule has 1 rings (SSSR count). The van der Waals surface area contributed by atoms with Crippen LogP contribution in [0.5, 0.6) is 0 Å². The van der Waals surface area contributed by atoms with Crippen molar-refractivity contribution >= 4 is 15.7 Å². The summed E-state index contributed by atoms with van der Waals surface area (Å²) in [5, 5.41) is 3.12. The van der Waals surface area contributed by atoms with Gasteiger partial charge in [0.1, 0.15) is 0 Å². The van der Waals surface area contributed by atoms with E-state index in [1.165, 1.54) is 12.0 Å². The molecule has 0 heterocycles. The number of rotatable bonds is 10. The monoisotopic (exact) mass is 298 g/mol. The molecule has 0 saturated carbocycles. The van der Waals surface area contributed by atoms with Crippen LogP contribution in [0.15, 0.2) is 24.3 Å². The molecule has 0 radical (unpaired) electrons. The third-order valence-corrected chi connectivity index (χ3v) is 4.44. The molecule has 0 bridgehead atoms. The maximum atomic E-state index is 11.9. The van der Waals surface area contributed by atoms with E-state index >= 15 is 0 Å². The highest BCUT2D eigenvalue weighted by Crippen LogP contribution is 2.13. The molecule has 20 heavy (non-hydrogen) atoms. The third-order valence-electron chi connectivity index (χ3n) is 3.06. The number of nitrogens with one attached hydrogen (secondary N) is 2. The van der Waals surface area contributed by atoms with Gasteiger partial charge in [0.05, 0.1) is 5.75 Å². The first-order valence-corrected chi connectivity index (χ1v) is 9.02. The molecule has 4 nitrogen and oxygen atoms in total. The molecule has 0 spiro atoms. The minimum atomic E-state index is -3.23. The Labute approximate surface area is 123 Å². The van der Waals surface area contributed by atoms with Crippen LogP contribution in [-0.4, -0.2) is 27.3 Å². The summed E-state index contributed by atoms with van der Waals surface area (Å²) in [5.41, 5.74) is 1.90. The fourth-order valence-corrected chi connectivity index (χ4v) is 3.04. The molecule has 0 fully saturated rings. The SMILES string of the molecule is CCCCc1ccc(NS(=O)(=O)CCCNCC)cc1.